The predicted octanol–water partition coefficient (Wildman–Crippen LogP) is 3.61. The summed E-state index contributed by atoms with van der Waals surface area (Å²) < 4.78 is 1.23. The summed E-state index contributed by atoms with van der Waals surface area (Å²) in [6, 6.07) is 7.98. The monoisotopic (exact) mass is 267 g/mol. The van der Waals surface area contributed by atoms with Crippen LogP contribution in [0.25, 0.3) is 0 Å². The Morgan fingerprint density at radius 2 is 2.07 bits per heavy atom. The Hall–Kier alpha value is -0.340. The Balaban J connectivity index is 2.26. The van der Waals surface area contributed by atoms with Crippen molar-refractivity contribution in [3.05, 3.63) is 33.8 Å². The summed E-state index contributed by atoms with van der Waals surface area (Å²) in [5.74, 6) is 0.664. The molecule has 2 rings (SSSR count). The van der Waals surface area contributed by atoms with E-state index in [1.165, 1.54) is 22.0 Å². The summed E-state index contributed by atoms with van der Waals surface area (Å²) in [5.41, 5.74) is 2.77. The molecule has 0 saturated carbocycles. The van der Waals surface area contributed by atoms with Crippen molar-refractivity contribution < 1.29 is 0 Å². The highest BCUT2D eigenvalue weighted by Crippen LogP contribution is 2.32. The minimum absolute atomic E-state index is 0.592. The van der Waals surface area contributed by atoms with Crippen molar-refractivity contribution >= 4 is 15.9 Å². The second-order valence-corrected chi connectivity index (χ2v) is 5.56. The van der Waals surface area contributed by atoms with Crippen LogP contribution in [0, 0.1) is 6.92 Å². The number of benzene rings is 1. The molecule has 0 bridgehead atoms. The van der Waals surface area contributed by atoms with Crippen molar-refractivity contribution in [2.24, 2.45) is 0 Å². The van der Waals surface area contributed by atoms with Crippen molar-refractivity contribution in [1.29, 1.82) is 0 Å². The van der Waals surface area contributed by atoms with Crippen LogP contribution in [0.3, 0.4) is 0 Å². The molecular weight excluding hydrogens is 250 g/mol. The van der Waals surface area contributed by atoms with Gasteiger partial charge in [0, 0.05) is 22.5 Å². The van der Waals surface area contributed by atoms with Gasteiger partial charge in [0.1, 0.15) is 0 Å². The quantitative estimate of drug-likeness (QED) is 0.820. The van der Waals surface area contributed by atoms with E-state index in [4.69, 9.17) is 0 Å². The van der Waals surface area contributed by atoms with Gasteiger partial charge in [0.15, 0.2) is 0 Å². The minimum Gasteiger partial charge on any atom is -0.311 e. The SMILES string of the molecule is Cc1ccc(C2CC(C)NC2C)cc1Br. The molecule has 1 saturated heterocycles. The van der Waals surface area contributed by atoms with Gasteiger partial charge in [0.25, 0.3) is 0 Å². The van der Waals surface area contributed by atoms with E-state index >= 15 is 0 Å². The van der Waals surface area contributed by atoms with Crippen molar-refractivity contribution in [2.75, 3.05) is 0 Å². The minimum atomic E-state index is 0.592. The molecule has 1 heterocycles. The Labute approximate surface area is 100 Å². The summed E-state index contributed by atoms with van der Waals surface area (Å²) in [7, 11) is 0. The van der Waals surface area contributed by atoms with E-state index in [2.05, 4.69) is 60.2 Å². The van der Waals surface area contributed by atoms with Crippen molar-refractivity contribution in [2.45, 2.75) is 45.2 Å². The Morgan fingerprint density at radius 1 is 1.33 bits per heavy atom. The van der Waals surface area contributed by atoms with E-state index in [1.54, 1.807) is 0 Å². The Morgan fingerprint density at radius 3 is 2.60 bits per heavy atom. The topological polar surface area (TPSA) is 12.0 Å². The normalized spacial score (nSPS) is 30.8. The van der Waals surface area contributed by atoms with Crippen LogP contribution in [-0.2, 0) is 0 Å². The molecule has 1 fully saturated rings. The first-order valence-corrected chi connectivity index (χ1v) is 6.39. The fraction of sp³-hybridized carbons (Fsp3) is 0.538. The maximum Gasteiger partial charge on any atom is 0.0207 e. The average Bonchev–Trinajstić information content (AvgIpc) is 2.50. The molecule has 3 unspecified atom stereocenters. The van der Waals surface area contributed by atoms with Gasteiger partial charge in [-0.2, -0.15) is 0 Å². The lowest BCUT2D eigenvalue weighted by Crippen LogP contribution is -2.26. The van der Waals surface area contributed by atoms with Gasteiger partial charge in [-0.25, -0.2) is 0 Å². The molecule has 0 aromatic heterocycles. The zero-order valence-electron chi connectivity index (χ0n) is 9.55. The summed E-state index contributed by atoms with van der Waals surface area (Å²) in [5, 5.41) is 3.58. The zero-order valence-corrected chi connectivity index (χ0v) is 11.1. The summed E-state index contributed by atoms with van der Waals surface area (Å²) in [4.78, 5) is 0. The average molecular weight is 268 g/mol. The molecule has 0 radical (unpaired) electrons. The maximum absolute atomic E-state index is 3.61. The smallest absolute Gasteiger partial charge is 0.0207 e. The molecule has 2 heteroatoms. The third-order valence-corrected chi connectivity index (χ3v) is 4.24. The van der Waals surface area contributed by atoms with E-state index < -0.39 is 0 Å². The largest absolute Gasteiger partial charge is 0.311 e. The number of nitrogens with one attached hydrogen (secondary N) is 1. The molecule has 0 amide bonds. The highest BCUT2D eigenvalue weighted by atomic mass is 79.9. The van der Waals surface area contributed by atoms with Crippen LogP contribution in [0.2, 0.25) is 0 Å². The van der Waals surface area contributed by atoms with Crippen LogP contribution < -0.4 is 5.32 Å². The van der Waals surface area contributed by atoms with Gasteiger partial charge in [0.05, 0.1) is 0 Å². The third kappa shape index (κ3) is 2.26. The van der Waals surface area contributed by atoms with Crippen LogP contribution in [0.4, 0.5) is 0 Å². The molecule has 1 aliphatic rings. The fourth-order valence-corrected chi connectivity index (χ4v) is 2.88. The van der Waals surface area contributed by atoms with E-state index in [-0.39, 0.29) is 0 Å². The van der Waals surface area contributed by atoms with E-state index in [0.717, 1.165) is 0 Å². The highest BCUT2D eigenvalue weighted by Gasteiger charge is 2.29. The van der Waals surface area contributed by atoms with Crippen molar-refractivity contribution in [1.82, 2.24) is 5.32 Å². The first kappa shape index (κ1) is 11.2. The summed E-state index contributed by atoms with van der Waals surface area (Å²) >= 11 is 3.61. The molecule has 0 aliphatic carbocycles. The van der Waals surface area contributed by atoms with Crippen LogP contribution in [0.5, 0.6) is 0 Å². The third-order valence-electron chi connectivity index (χ3n) is 3.38. The molecule has 15 heavy (non-hydrogen) atoms. The summed E-state index contributed by atoms with van der Waals surface area (Å²) in [6.07, 6.45) is 1.25. The molecule has 3 atom stereocenters. The number of hydrogen-bond donors (Lipinski definition) is 1. The Bertz CT molecular complexity index is 362. The zero-order chi connectivity index (χ0) is 11.0. The molecule has 82 valence electrons. The first-order valence-electron chi connectivity index (χ1n) is 5.60. The summed E-state index contributed by atoms with van der Waals surface area (Å²) in [6.45, 7) is 6.68. The second-order valence-electron chi connectivity index (χ2n) is 4.71. The maximum atomic E-state index is 3.61. The molecule has 1 aliphatic heterocycles. The lowest BCUT2D eigenvalue weighted by atomic mass is 9.91. The van der Waals surface area contributed by atoms with Gasteiger partial charge in [-0.15, -0.1) is 0 Å². The molecule has 1 N–H and O–H groups in total. The number of rotatable bonds is 1. The van der Waals surface area contributed by atoms with Gasteiger partial charge in [0.2, 0.25) is 0 Å². The Kier molecular flexibility index (Phi) is 3.17. The van der Waals surface area contributed by atoms with Gasteiger partial charge < -0.3 is 5.32 Å². The molecule has 0 spiro atoms. The van der Waals surface area contributed by atoms with Gasteiger partial charge in [-0.3, -0.25) is 0 Å². The van der Waals surface area contributed by atoms with Crippen LogP contribution in [0.15, 0.2) is 22.7 Å². The van der Waals surface area contributed by atoms with Crippen molar-refractivity contribution in [3.63, 3.8) is 0 Å². The van der Waals surface area contributed by atoms with E-state index in [1.807, 2.05) is 0 Å². The van der Waals surface area contributed by atoms with Gasteiger partial charge in [-0.05, 0) is 44.4 Å². The fourth-order valence-electron chi connectivity index (χ4n) is 2.48. The predicted molar refractivity (Wildman–Crippen MR) is 68.3 cm³/mol. The van der Waals surface area contributed by atoms with Crippen LogP contribution in [0.1, 0.15) is 37.3 Å². The number of aryl methyl sites for hydroxylation is 1. The number of hydrogen-bond acceptors (Lipinski definition) is 1. The van der Waals surface area contributed by atoms with E-state index in [9.17, 15) is 0 Å². The van der Waals surface area contributed by atoms with Gasteiger partial charge >= 0.3 is 0 Å². The number of halogens is 1. The first-order chi connectivity index (χ1) is 7.08. The van der Waals surface area contributed by atoms with E-state index in [0.29, 0.717) is 18.0 Å². The molecule has 1 nitrogen and oxygen atoms in total. The van der Waals surface area contributed by atoms with Gasteiger partial charge in [-0.1, -0.05) is 28.1 Å². The van der Waals surface area contributed by atoms with Crippen molar-refractivity contribution in [3.8, 4) is 0 Å². The standard InChI is InChI=1S/C13H18BrN/c1-8-4-5-11(7-13(8)14)12-6-9(2)15-10(12)3/h4-5,7,9-10,12,15H,6H2,1-3H3. The van der Waals surface area contributed by atoms with Crippen LogP contribution in [-0.4, -0.2) is 12.1 Å². The lowest BCUT2D eigenvalue weighted by molar-refractivity contribution is 0.574. The van der Waals surface area contributed by atoms with Crippen LogP contribution >= 0.6 is 15.9 Å². The molecule has 1 aromatic rings. The second kappa shape index (κ2) is 4.26. The molecule has 1 aromatic carbocycles. The lowest BCUT2D eigenvalue weighted by Gasteiger charge is -2.16. The molecular formula is C13H18BrN. The highest BCUT2D eigenvalue weighted by molar-refractivity contribution is 9.10.